The molecule has 17 heavy (non-hydrogen) atoms. The van der Waals surface area contributed by atoms with Gasteiger partial charge >= 0.3 is 0 Å². The molecule has 0 aromatic carbocycles. The lowest BCUT2D eigenvalue weighted by molar-refractivity contribution is 0.0663. The number of imidazole rings is 1. The molecule has 3 heteroatoms. The first-order valence-electron chi connectivity index (χ1n) is 6.33. The molecule has 2 aromatic rings. The van der Waals surface area contributed by atoms with Crippen LogP contribution in [-0.2, 0) is 11.2 Å². The molecule has 0 N–H and O–H groups in total. The second kappa shape index (κ2) is 4.49. The molecule has 0 unspecified atom stereocenters. The maximum Gasteiger partial charge on any atom is 0.136 e. The van der Waals surface area contributed by atoms with Gasteiger partial charge in [-0.25, -0.2) is 4.98 Å². The summed E-state index contributed by atoms with van der Waals surface area (Å²) in [6.45, 7) is 3.94. The van der Waals surface area contributed by atoms with Crippen molar-refractivity contribution in [2.75, 3.05) is 13.2 Å². The standard InChI is InChI=1S/C14H18N2O/c1-11-2-3-14-15-13(10-16(14)9-11)8-12-4-6-17-7-5-12/h2-3,9-10,12H,4-8H2,1H3. The molecule has 0 amide bonds. The molecule has 0 saturated carbocycles. The number of aromatic nitrogens is 2. The molecule has 0 bridgehead atoms. The van der Waals surface area contributed by atoms with Crippen LogP contribution in [0.3, 0.4) is 0 Å². The van der Waals surface area contributed by atoms with E-state index >= 15 is 0 Å². The lowest BCUT2D eigenvalue weighted by Gasteiger charge is -2.20. The zero-order valence-corrected chi connectivity index (χ0v) is 10.2. The van der Waals surface area contributed by atoms with E-state index in [1.165, 1.54) is 24.1 Å². The Morgan fingerprint density at radius 2 is 2.12 bits per heavy atom. The minimum absolute atomic E-state index is 0.745. The fourth-order valence-corrected chi connectivity index (χ4v) is 2.50. The Kier molecular flexibility index (Phi) is 2.85. The average Bonchev–Trinajstić information content (AvgIpc) is 2.71. The summed E-state index contributed by atoms with van der Waals surface area (Å²) in [4.78, 5) is 4.67. The second-order valence-electron chi connectivity index (χ2n) is 4.96. The summed E-state index contributed by atoms with van der Waals surface area (Å²) in [6, 6.07) is 4.20. The van der Waals surface area contributed by atoms with Gasteiger partial charge in [-0.1, -0.05) is 6.07 Å². The summed E-state index contributed by atoms with van der Waals surface area (Å²) in [5.74, 6) is 0.745. The van der Waals surface area contributed by atoms with E-state index < -0.39 is 0 Å². The number of nitrogens with zero attached hydrogens (tertiary/aromatic N) is 2. The molecule has 0 atom stereocenters. The highest BCUT2D eigenvalue weighted by Crippen LogP contribution is 2.20. The number of rotatable bonds is 2. The van der Waals surface area contributed by atoms with E-state index in [0.29, 0.717) is 0 Å². The summed E-state index contributed by atoms with van der Waals surface area (Å²) in [7, 11) is 0. The minimum atomic E-state index is 0.745. The monoisotopic (exact) mass is 230 g/mol. The van der Waals surface area contributed by atoms with Crippen molar-refractivity contribution in [2.24, 2.45) is 5.92 Å². The Labute approximate surface area is 101 Å². The van der Waals surface area contributed by atoms with Crippen LogP contribution < -0.4 is 0 Å². The van der Waals surface area contributed by atoms with Gasteiger partial charge in [0.05, 0.1) is 5.69 Å². The Balaban J connectivity index is 1.80. The largest absolute Gasteiger partial charge is 0.381 e. The first-order chi connectivity index (χ1) is 8.31. The van der Waals surface area contributed by atoms with Crippen molar-refractivity contribution in [1.82, 2.24) is 9.38 Å². The SMILES string of the molecule is Cc1ccc2nc(CC3CCOCC3)cn2c1. The van der Waals surface area contributed by atoms with Crippen molar-refractivity contribution in [3.05, 3.63) is 35.8 Å². The first kappa shape index (κ1) is 10.8. The number of hydrogen-bond acceptors (Lipinski definition) is 2. The molecule has 3 heterocycles. The molecule has 0 spiro atoms. The van der Waals surface area contributed by atoms with Crippen LogP contribution in [0, 0.1) is 12.8 Å². The summed E-state index contributed by atoms with van der Waals surface area (Å²) >= 11 is 0. The molecular weight excluding hydrogens is 212 g/mol. The summed E-state index contributed by atoms with van der Waals surface area (Å²) in [5.41, 5.74) is 3.53. The lowest BCUT2D eigenvalue weighted by Crippen LogP contribution is -2.17. The third kappa shape index (κ3) is 2.34. The first-order valence-corrected chi connectivity index (χ1v) is 6.33. The summed E-state index contributed by atoms with van der Waals surface area (Å²) < 4.78 is 7.52. The van der Waals surface area contributed by atoms with E-state index in [0.717, 1.165) is 31.2 Å². The number of aryl methyl sites for hydroxylation is 1. The van der Waals surface area contributed by atoms with Crippen LogP contribution >= 0.6 is 0 Å². The van der Waals surface area contributed by atoms with E-state index in [9.17, 15) is 0 Å². The van der Waals surface area contributed by atoms with Crippen molar-refractivity contribution in [1.29, 1.82) is 0 Å². The van der Waals surface area contributed by atoms with Gasteiger partial charge in [0.15, 0.2) is 0 Å². The van der Waals surface area contributed by atoms with Gasteiger partial charge in [-0.05, 0) is 43.7 Å². The van der Waals surface area contributed by atoms with Gasteiger partial charge < -0.3 is 9.14 Å². The van der Waals surface area contributed by atoms with Crippen molar-refractivity contribution >= 4 is 5.65 Å². The smallest absolute Gasteiger partial charge is 0.136 e. The molecule has 2 aromatic heterocycles. The van der Waals surface area contributed by atoms with Crippen LogP contribution in [0.4, 0.5) is 0 Å². The van der Waals surface area contributed by atoms with Gasteiger partial charge in [-0.15, -0.1) is 0 Å². The summed E-state index contributed by atoms with van der Waals surface area (Å²) in [5, 5.41) is 0. The van der Waals surface area contributed by atoms with Gasteiger partial charge in [-0.3, -0.25) is 0 Å². The Morgan fingerprint density at radius 3 is 2.94 bits per heavy atom. The van der Waals surface area contributed by atoms with E-state index in [1.807, 2.05) is 0 Å². The fraction of sp³-hybridized carbons (Fsp3) is 0.500. The van der Waals surface area contributed by atoms with Crippen molar-refractivity contribution in [3.8, 4) is 0 Å². The molecule has 1 aliphatic heterocycles. The van der Waals surface area contributed by atoms with E-state index in [4.69, 9.17) is 4.74 Å². The van der Waals surface area contributed by atoms with Crippen LogP contribution in [0.1, 0.15) is 24.1 Å². The van der Waals surface area contributed by atoms with Gasteiger partial charge in [0, 0.05) is 25.6 Å². The zero-order chi connectivity index (χ0) is 11.7. The number of hydrogen-bond donors (Lipinski definition) is 0. The van der Waals surface area contributed by atoms with Crippen LogP contribution in [0.15, 0.2) is 24.5 Å². The number of ether oxygens (including phenoxy) is 1. The Hall–Kier alpha value is -1.35. The van der Waals surface area contributed by atoms with Crippen molar-refractivity contribution in [2.45, 2.75) is 26.2 Å². The lowest BCUT2D eigenvalue weighted by atomic mass is 9.95. The summed E-state index contributed by atoms with van der Waals surface area (Å²) in [6.07, 6.45) is 7.73. The fourth-order valence-electron chi connectivity index (χ4n) is 2.50. The molecular formula is C14H18N2O. The third-order valence-corrected chi connectivity index (χ3v) is 3.49. The highest BCUT2D eigenvalue weighted by atomic mass is 16.5. The normalized spacial score (nSPS) is 17.7. The van der Waals surface area contributed by atoms with E-state index in [1.54, 1.807) is 0 Å². The molecule has 3 rings (SSSR count). The van der Waals surface area contributed by atoms with Gasteiger partial charge in [0.25, 0.3) is 0 Å². The molecule has 0 aliphatic carbocycles. The number of fused-ring (bicyclic) bond motifs is 1. The van der Waals surface area contributed by atoms with Crippen molar-refractivity contribution < 1.29 is 4.74 Å². The van der Waals surface area contributed by atoms with Crippen LogP contribution in [0.5, 0.6) is 0 Å². The highest BCUT2D eigenvalue weighted by molar-refractivity contribution is 5.41. The molecule has 90 valence electrons. The Morgan fingerprint density at radius 1 is 1.29 bits per heavy atom. The van der Waals surface area contributed by atoms with Gasteiger partial charge in [-0.2, -0.15) is 0 Å². The van der Waals surface area contributed by atoms with Crippen LogP contribution in [-0.4, -0.2) is 22.6 Å². The highest BCUT2D eigenvalue weighted by Gasteiger charge is 2.15. The average molecular weight is 230 g/mol. The molecule has 3 nitrogen and oxygen atoms in total. The molecule has 1 fully saturated rings. The third-order valence-electron chi connectivity index (χ3n) is 3.49. The van der Waals surface area contributed by atoms with Crippen LogP contribution in [0.25, 0.3) is 5.65 Å². The molecule has 1 saturated heterocycles. The predicted molar refractivity (Wildman–Crippen MR) is 67.2 cm³/mol. The molecule has 1 aliphatic rings. The number of pyridine rings is 1. The minimum Gasteiger partial charge on any atom is -0.381 e. The van der Waals surface area contributed by atoms with E-state index in [2.05, 4.69) is 40.8 Å². The van der Waals surface area contributed by atoms with Gasteiger partial charge in [0.2, 0.25) is 0 Å². The van der Waals surface area contributed by atoms with Crippen LogP contribution in [0.2, 0.25) is 0 Å². The topological polar surface area (TPSA) is 26.5 Å². The maximum absolute atomic E-state index is 5.39. The maximum atomic E-state index is 5.39. The predicted octanol–water partition coefficient (Wildman–Crippen LogP) is 2.61. The second-order valence-corrected chi connectivity index (χ2v) is 4.96. The molecule has 0 radical (unpaired) electrons. The van der Waals surface area contributed by atoms with E-state index in [-0.39, 0.29) is 0 Å². The zero-order valence-electron chi connectivity index (χ0n) is 10.2. The van der Waals surface area contributed by atoms with Gasteiger partial charge in [0.1, 0.15) is 5.65 Å². The van der Waals surface area contributed by atoms with Crippen molar-refractivity contribution in [3.63, 3.8) is 0 Å². The quantitative estimate of drug-likeness (QED) is 0.792. The Bertz CT molecular complexity index is 512.